The molecule has 20 heavy (non-hydrogen) atoms. The van der Waals surface area contributed by atoms with E-state index in [1.165, 1.54) is 0 Å². The van der Waals surface area contributed by atoms with Crippen LogP contribution in [-0.2, 0) is 11.2 Å². The predicted molar refractivity (Wildman–Crippen MR) is 78.8 cm³/mol. The molecule has 0 spiro atoms. The maximum atomic E-state index is 11.0. The molecule has 3 nitrogen and oxygen atoms in total. The summed E-state index contributed by atoms with van der Waals surface area (Å²) in [6, 6.07) is 15.5. The molecule has 0 fully saturated rings. The third kappa shape index (κ3) is 2.51. The number of hydrogen-bond acceptors (Lipinski definition) is 3. The van der Waals surface area contributed by atoms with Crippen molar-refractivity contribution in [2.24, 2.45) is 0 Å². The van der Waals surface area contributed by atoms with Crippen LogP contribution >= 0.6 is 11.3 Å². The number of thiophene rings is 1. The Morgan fingerprint density at radius 1 is 1.15 bits per heavy atom. The molecule has 1 N–H and O–H groups in total. The molecule has 0 unspecified atom stereocenters. The summed E-state index contributed by atoms with van der Waals surface area (Å²) in [6.07, 6.45) is 1.60. The van der Waals surface area contributed by atoms with E-state index >= 15 is 0 Å². The summed E-state index contributed by atoms with van der Waals surface area (Å²) in [5.41, 5.74) is 1.87. The first-order chi connectivity index (χ1) is 9.74. The van der Waals surface area contributed by atoms with E-state index in [1.807, 2.05) is 48.5 Å². The molecule has 0 saturated heterocycles. The molecule has 2 aromatic heterocycles. The Balaban J connectivity index is 2.08. The first kappa shape index (κ1) is 12.7. The highest BCUT2D eigenvalue weighted by atomic mass is 32.1. The number of carboxylic acids is 1. The van der Waals surface area contributed by atoms with Crippen molar-refractivity contribution < 1.29 is 14.3 Å². The van der Waals surface area contributed by atoms with E-state index in [9.17, 15) is 4.79 Å². The summed E-state index contributed by atoms with van der Waals surface area (Å²) in [7, 11) is 0. The molecular weight excluding hydrogens is 272 g/mol. The highest BCUT2D eigenvalue weighted by Gasteiger charge is 2.16. The third-order valence-corrected chi connectivity index (χ3v) is 4.19. The number of aliphatic carboxylic acids is 1. The lowest BCUT2D eigenvalue weighted by Gasteiger charge is -1.96. The quantitative estimate of drug-likeness (QED) is 0.777. The van der Waals surface area contributed by atoms with Crippen molar-refractivity contribution in [3.63, 3.8) is 0 Å². The molecule has 0 aliphatic heterocycles. The van der Waals surface area contributed by atoms with Crippen LogP contribution in [-0.4, -0.2) is 11.1 Å². The summed E-state index contributed by atoms with van der Waals surface area (Å²) in [4.78, 5) is 12.9. The Morgan fingerprint density at radius 3 is 2.60 bits per heavy atom. The van der Waals surface area contributed by atoms with Gasteiger partial charge in [0.25, 0.3) is 0 Å². The van der Waals surface area contributed by atoms with Crippen LogP contribution in [0.25, 0.3) is 21.1 Å². The molecule has 3 aromatic rings. The van der Waals surface area contributed by atoms with Gasteiger partial charge in [0.15, 0.2) is 0 Å². The molecule has 0 aliphatic carbocycles. The van der Waals surface area contributed by atoms with E-state index in [-0.39, 0.29) is 6.42 Å². The zero-order valence-electron chi connectivity index (χ0n) is 10.6. The second-order valence-electron chi connectivity index (χ2n) is 4.38. The second-order valence-corrected chi connectivity index (χ2v) is 5.43. The van der Waals surface area contributed by atoms with Crippen LogP contribution in [0.1, 0.15) is 5.56 Å². The molecule has 3 rings (SSSR count). The van der Waals surface area contributed by atoms with Crippen LogP contribution in [0.2, 0.25) is 0 Å². The van der Waals surface area contributed by atoms with Gasteiger partial charge in [-0.15, -0.1) is 11.3 Å². The van der Waals surface area contributed by atoms with E-state index in [2.05, 4.69) is 0 Å². The van der Waals surface area contributed by atoms with Gasteiger partial charge in [-0.2, -0.15) is 0 Å². The van der Waals surface area contributed by atoms with E-state index in [1.54, 1.807) is 17.6 Å². The molecule has 100 valence electrons. The highest BCUT2D eigenvalue weighted by molar-refractivity contribution is 7.19. The molecule has 0 saturated carbocycles. The molecule has 0 amide bonds. The first-order valence-corrected chi connectivity index (χ1v) is 6.99. The molecule has 2 heterocycles. The van der Waals surface area contributed by atoms with Gasteiger partial charge in [-0.3, -0.25) is 4.79 Å². The maximum absolute atomic E-state index is 11.0. The van der Waals surface area contributed by atoms with E-state index in [4.69, 9.17) is 9.52 Å². The fourth-order valence-electron chi connectivity index (χ4n) is 2.08. The normalized spacial score (nSPS) is 10.6. The molecule has 4 heteroatoms. The van der Waals surface area contributed by atoms with Crippen molar-refractivity contribution in [3.8, 4) is 21.1 Å². The SMILES string of the molecule is O=C(O)Cc1cc(-c2ccccc2)sc1-c1ccco1. The minimum Gasteiger partial charge on any atom is -0.481 e. The fourth-order valence-corrected chi connectivity index (χ4v) is 3.24. The summed E-state index contributed by atoms with van der Waals surface area (Å²) in [5, 5.41) is 9.04. The molecule has 0 radical (unpaired) electrons. The van der Waals surface area contributed by atoms with Gasteiger partial charge < -0.3 is 9.52 Å². The predicted octanol–water partition coefficient (Wildman–Crippen LogP) is 4.30. The lowest BCUT2D eigenvalue weighted by Crippen LogP contribution is -1.99. The van der Waals surface area contributed by atoms with E-state index < -0.39 is 5.97 Å². The van der Waals surface area contributed by atoms with Crippen molar-refractivity contribution in [3.05, 3.63) is 60.4 Å². The number of benzene rings is 1. The summed E-state index contributed by atoms with van der Waals surface area (Å²) < 4.78 is 5.41. The van der Waals surface area contributed by atoms with Gasteiger partial charge in [0.05, 0.1) is 17.6 Å². The summed E-state index contributed by atoms with van der Waals surface area (Å²) in [6.45, 7) is 0. The first-order valence-electron chi connectivity index (χ1n) is 6.18. The second kappa shape index (κ2) is 5.35. The Bertz CT molecular complexity index is 712. The number of carboxylic acid groups (broad SMARTS) is 1. The fraction of sp³-hybridized carbons (Fsp3) is 0.0625. The Labute approximate surface area is 120 Å². The van der Waals surface area contributed by atoms with Crippen LogP contribution in [0.15, 0.2) is 59.2 Å². The number of furan rings is 1. The van der Waals surface area contributed by atoms with Crippen LogP contribution in [0, 0.1) is 0 Å². The van der Waals surface area contributed by atoms with Crippen molar-refractivity contribution in [2.45, 2.75) is 6.42 Å². The standard InChI is InChI=1S/C16H12O3S/c17-15(18)10-12-9-14(11-5-2-1-3-6-11)20-16(12)13-7-4-8-19-13/h1-9H,10H2,(H,17,18). The van der Waals surface area contributed by atoms with Crippen LogP contribution < -0.4 is 0 Å². The molecular formula is C16H12O3S. The van der Waals surface area contributed by atoms with Gasteiger partial charge in [-0.25, -0.2) is 0 Å². The number of hydrogen-bond donors (Lipinski definition) is 1. The van der Waals surface area contributed by atoms with Crippen molar-refractivity contribution in [2.75, 3.05) is 0 Å². The topological polar surface area (TPSA) is 50.4 Å². The molecule has 1 aromatic carbocycles. The Morgan fingerprint density at radius 2 is 1.95 bits per heavy atom. The average molecular weight is 284 g/mol. The van der Waals surface area contributed by atoms with Gasteiger partial charge in [0.1, 0.15) is 5.76 Å². The van der Waals surface area contributed by atoms with Crippen molar-refractivity contribution in [1.29, 1.82) is 0 Å². The number of rotatable bonds is 4. The molecule has 0 bridgehead atoms. The highest BCUT2D eigenvalue weighted by Crippen LogP contribution is 2.38. The lowest BCUT2D eigenvalue weighted by molar-refractivity contribution is -0.136. The van der Waals surface area contributed by atoms with Crippen LogP contribution in [0.3, 0.4) is 0 Å². The van der Waals surface area contributed by atoms with Crippen molar-refractivity contribution >= 4 is 17.3 Å². The van der Waals surface area contributed by atoms with E-state index in [0.717, 1.165) is 20.9 Å². The smallest absolute Gasteiger partial charge is 0.307 e. The minimum atomic E-state index is -0.838. The van der Waals surface area contributed by atoms with Crippen LogP contribution in [0.5, 0.6) is 0 Å². The largest absolute Gasteiger partial charge is 0.481 e. The number of carbonyl (C=O) groups is 1. The maximum Gasteiger partial charge on any atom is 0.307 e. The van der Waals surface area contributed by atoms with Gasteiger partial charge in [-0.1, -0.05) is 30.3 Å². The minimum absolute atomic E-state index is 0.000628. The zero-order chi connectivity index (χ0) is 13.9. The summed E-state index contributed by atoms with van der Waals surface area (Å²) in [5.74, 6) is -0.122. The monoisotopic (exact) mass is 284 g/mol. The lowest BCUT2D eigenvalue weighted by atomic mass is 10.1. The van der Waals surface area contributed by atoms with Gasteiger partial charge in [0.2, 0.25) is 0 Å². The summed E-state index contributed by atoms with van der Waals surface area (Å²) >= 11 is 1.56. The Hall–Kier alpha value is -2.33. The zero-order valence-corrected chi connectivity index (χ0v) is 11.4. The van der Waals surface area contributed by atoms with Gasteiger partial charge in [-0.05, 0) is 29.3 Å². The molecule has 0 aliphatic rings. The van der Waals surface area contributed by atoms with Crippen molar-refractivity contribution in [1.82, 2.24) is 0 Å². The van der Waals surface area contributed by atoms with Crippen LogP contribution in [0.4, 0.5) is 0 Å². The van der Waals surface area contributed by atoms with E-state index in [0.29, 0.717) is 5.76 Å². The molecule has 0 atom stereocenters. The van der Waals surface area contributed by atoms with Gasteiger partial charge in [0, 0.05) is 4.88 Å². The Kier molecular flexibility index (Phi) is 3.39. The third-order valence-electron chi connectivity index (χ3n) is 2.95. The van der Waals surface area contributed by atoms with Gasteiger partial charge >= 0.3 is 5.97 Å². The average Bonchev–Trinajstić information content (AvgIpc) is 3.08.